The Morgan fingerprint density at radius 3 is 2.82 bits per heavy atom. The fourth-order valence-corrected chi connectivity index (χ4v) is 2.14. The fourth-order valence-electron chi connectivity index (χ4n) is 2.14. The van der Waals surface area contributed by atoms with Gasteiger partial charge >= 0.3 is 11.8 Å². The van der Waals surface area contributed by atoms with Gasteiger partial charge in [0.15, 0.2) is 0 Å². The molecule has 2 rings (SSSR count). The van der Waals surface area contributed by atoms with Crippen molar-refractivity contribution in [2.75, 3.05) is 11.9 Å². The highest BCUT2D eigenvalue weighted by Crippen LogP contribution is 2.26. The number of anilines is 1. The summed E-state index contributed by atoms with van der Waals surface area (Å²) in [6.07, 6.45) is 1.46. The summed E-state index contributed by atoms with van der Waals surface area (Å²) in [4.78, 5) is 27.4. The van der Waals surface area contributed by atoms with Crippen LogP contribution in [0.1, 0.15) is 39.8 Å². The number of nitrogens with zero attached hydrogens (tertiary/aromatic N) is 2. The van der Waals surface area contributed by atoms with Gasteiger partial charge < -0.3 is 14.6 Å². The number of carbonyl (C=O) groups excluding carboxylic acids is 1. The molecule has 122 valence electrons. The Hall–Kier alpha value is -1.93. The van der Waals surface area contributed by atoms with E-state index >= 15 is 0 Å². The second kappa shape index (κ2) is 6.45. The summed E-state index contributed by atoms with van der Waals surface area (Å²) in [6, 6.07) is 1.50. The first-order chi connectivity index (χ1) is 10.3. The number of carbonyl (C=O) groups is 1. The van der Waals surface area contributed by atoms with Gasteiger partial charge in [0.05, 0.1) is 12.7 Å². The number of hydrogen-bond acceptors (Lipinski definition) is 6. The first kappa shape index (κ1) is 16.4. The number of aliphatic hydroxyl groups excluding tert-OH is 1. The highest BCUT2D eigenvalue weighted by Gasteiger charge is 2.27. The monoisotopic (exact) mass is 311 g/mol. The van der Waals surface area contributed by atoms with Crippen LogP contribution < -0.4 is 11.0 Å². The molecule has 0 aliphatic carbocycles. The Morgan fingerprint density at radius 2 is 2.27 bits per heavy atom. The molecular weight excluding hydrogens is 290 g/mol. The quantitative estimate of drug-likeness (QED) is 0.871. The van der Waals surface area contributed by atoms with Gasteiger partial charge in [0, 0.05) is 6.20 Å². The van der Waals surface area contributed by atoms with Crippen molar-refractivity contribution >= 4 is 11.9 Å². The van der Waals surface area contributed by atoms with Crippen LogP contribution >= 0.6 is 0 Å². The molecule has 1 saturated heterocycles. The second-order valence-electron chi connectivity index (χ2n) is 6.10. The lowest BCUT2D eigenvalue weighted by Crippen LogP contribution is -2.30. The summed E-state index contributed by atoms with van der Waals surface area (Å²) in [5.74, 6) is 0.118. The van der Waals surface area contributed by atoms with Crippen molar-refractivity contribution in [1.29, 1.82) is 0 Å². The number of rotatable bonds is 3. The standard InChI is InChI=1S/C14H21N3O5/c1-14(2,3)22-13(20)16-10-6-7-17(12(19)15-10)11-5-4-9(8-18)21-11/h6-7,9,11,18H,4-5,8H2,1-3H3,(H,15,16,19,20)/t9-,11+/m0/s1. The van der Waals surface area contributed by atoms with Gasteiger partial charge in [-0.2, -0.15) is 4.98 Å². The number of aliphatic hydroxyl groups is 1. The zero-order chi connectivity index (χ0) is 16.3. The maximum absolute atomic E-state index is 12.0. The van der Waals surface area contributed by atoms with Crippen molar-refractivity contribution in [3.63, 3.8) is 0 Å². The zero-order valence-corrected chi connectivity index (χ0v) is 12.9. The van der Waals surface area contributed by atoms with Gasteiger partial charge in [0.25, 0.3) is 0 Å². The van der Waals surface area contributed by atoms with Crippen LogP contribution in [0, 0.1) is 0 Å². The summed E-state index contributed by atoms with van der Waals surface area (Å²) < 4.78 is 12.0. The summed E-state index contributed by atoms with van der Waals surface area (Å²) in [6.45, 7) is 5.16. The first-order valence-electron chi connectivity index (χ1n) is 7.14. The van der Waals surface area contributed by atoms with Crippen LogP contribution in [0.5, 0.6) is 0 Å². The van der Waals surface area contributed by atoms with Crippen molar-refractivity contribution < 1.29 is 19.4 Å². The molecule has 1 aromatic rings. The Labute approximate surface area is 128 Å². The molecule has 0 aromatic carbocycles. The highest BCUT2D eigenvalue weighted by molar-refractivity contribution is 5.83. The Bertz CT molecular complexity index is 593. The number of aromatic nitrogens is 2. The Kier molecular flexibility index (Phi) is 4.82. The molecular formula is C14H21N3O5. The van der Waals surface area contributed by atoms with E-state index in [9.17, 15) is 9.59 Å². The summed E-state index contributed by atoms with van der Waals surface area (Å²) in [7, 11) is 0. The molecule has 8 heteroatoms. The first-order valence-corrected chi connectivity index (χ1v) is 7.14. The van der Waals surface area contributed by atoms with E-state index in [1.165, 1.54) is 16.8 Å². The molecule has 0 radical (unpaired) electrons. The molecule has 2 N–H and O–H groups in total. The highest BCUT2D eigenvalue weighted by atomic mass is 16.6. The fraction of sp³-hybridized carbons (Fsp3) is 0.643. The van der Waals surface area contributed by atoms with Crippen LogP contribution in [0.2, 0.25) is 0 Å². The molecule has 8 nitrogen and oxygen atoms in total. The molecule has 0 bridgehead atoms. The minimum atomic E-state index is -0.672. The van der Waals surface area contributed by atoms with Gasteiger partial charge in [-0.1, -0.05) is 0 Å². The Morgan fingerprint density at radius 1 is 1.55 bits per heavy atom. The van der Waals surface area contributed by atoms with E-state index < -0.39 is 23.6 Å². The van der Waals surface area contributed by atoms with Crippen molar-refractivity contribution in [2.24, 2.45) is 0 Å². The summed E-state index contributed by atoms with van der Waals surface area (Å²) >= 11 is 0. The molecule has 0 spiro atoms. The van der Waals surface area contributed by atoms with Crippen molar-refractivity contribution in [3.05, 3.63) is 22.7 Å². The van der Waals surface area contributed by atoms with Crippen LogP contribution in [0.25, 0.3) is 0 Å². The van der Waals surface area contributed by atoms with Gasteiger partial charge in [-0.15, -0.1) is 0 Å². The van der Waals surface area contributed by atoms with Gasteiger partial charge in [-0.3, -0.25) is 9.88 Å². The second-order valence-corrected chi connectivity index (χ2v) is 6.10. The van der Waals surface area contributed by atoms with Crippen molar-refractivity contribution in [3.8, 4) is 0 Å². The lowest BCUT2D eigenvalue weighted by Gasteiger charge is -2.19. The molecule has 1 aliphatic heterocycles. The molecule has 1 fully saturated rings. The van der Waals surface area contributed by atoms with Gasteiger partial charge in [0.2, 0.25) is 0 Å². The predicted octanol–water partition coefficient (Wildman–Crippen LogP) is 1.26. The number of nitrogens with one attached hydrogen (secondary N) is 1. The molecule has 0 saturated carbocycles. The molecule has 0 unspecified atom stereocenters. The van der Waals surface area contributed by atoms with E-state index in [1.807, 2.05) is 0 Å². The third-order valence-corrected chi connectivity index (χ3v) is 3.06. The van der Waals surface area contributed by atoms with Gasteiger partial charge in [-0.05, 0) is 39.7 Å². The lowest BCUT2D eigenvalue weighted by atomic mass is 10.2. The van der Waals surface area contributed by atoms with Crippen LogP contribution in [0.15, 0.2) is 17.1 Å². The van der Waals surface area contributed by atoms with Gasteiger partial charge in [-0.25, -0.2) is 9.59 Å². The summed E-state index contributed by atoms with van der Waals surface area (Å²) in [5.41, 5.74) is -1.16. The van der Waals surface area contributed by atoms with E-state index in [4.69, 9.17) is 14.6 Å². The minimum absolute atomic E-state index is 0.0725. The predicted molar refractivity (Wildman–Crippen MR) is 78.6 cm³/mol. The molecule has 1 aliphatic rings. The molecule has 1 amide bonds. The van der Waals surface area contributed by atoms with Gasteiger partial charge in [0.1, 0.15) is 17.6 Å². The van der Waals surface area contributed by atoms with E-state index in [1.54, 1.807) is 20.8 Å². The third-order valence-electron chi connectivity index (χ3n) is 3.06. The lowest BCUT2D eigenvalue weighted by molar-refractivity contribution is -0.0245. The molecule has 1 aromatic heterocycles. The van der Waals surface area contributed by atoms with E-state index in [2.05, 4.69) is 10.3 Å². The van der Waals surface area contributed by atoms with E-state index in [0.717, 1.165) is 0 Å². The zero-order valence-electron chi connectivity index (χ0n) is 12.9. The van der Waals surface area contributed by atoms with Crippen LogP contribution in [-0.2, 0) is 9.47 Å². The average molecular weight is 311 g/mol. The normalized spacial score (nSPS) is 21.6. The summed E-state index contributed by atoms with van der Waals surface area (Å²) in [5, 5.41) is 11.5. The van der Waals surface area contributed by atoms with Crippen LogP contribution in [0.4, 0.5) is 10.6 Å². The smallest absolute Gasteiger partial charge is 0.413 e. The maximum Gasteiger partial charge on any atom is 0.413 e. The van der Waals surface area contributed by atoms with E-state index in [-0.39, 0.29) is 18.5 Å². The SMILES string of the molecule is CC(C)(C)OC(=O)Nc1ccn([C@H]2CC[C@@H](CO)O2)c(=O)n1. The maximum atomic E-state index is 12.0. The van der Waals surface area contributed by atoms with Crippen LogP contribution in [-0.4, -0.2) is 39.1 Å². The topological polar surface area (TPSA) is 103 Å². The molecule has 22 heavy (non-hydrogen) atoms. The third kappa shape index (κ3) is 4.28. The van der Waals surface area contributed by atoms with Crippen molar-refractivity contribution in [1.82, 2.24) is 9.55 Å². The number of amides is 1. The Balaban J connectivity index is 2.04. The molecule has 2 heterocycles. The van der Waals surface area contributed by atoms with Crippen molar-refractivity contribution in [2.45, 2.75) is 51.5 Å². The van der Waals surface area contributed by atoms with Crippen LogP contribution in [0.3, 0.4) is 0 Å². The largest absolute Gasteiger partial charge is 0.444 e. The number of hydrogen-bond donors (Lipinski definition) is 2. The average Bonchev–Trinajstić information content (AvgIpc) is 2.85. The minimum Gasteiger partial charge on any atom is -0.444 e. The molecule has 2 atom stereocenters. The van der Waals surface area contributed by atoms with E-state index in [0.29, 0.717) is 12.8 Å². The number of ether oxygens (including phenoxy) is 2.